The van der Waals surface area contributed by atoms with E-state index in [0.29, 0.717) is 5.92 Å². The van der Waals surface area contributed by atoms with E-state index in [9.17, 15) is 0 Å². The molecule has 48 valence electrons. The van der Waals surface area contributed by atoms with Gasteiger partial charge in [-0.1, -0.05) is 0 Å². The topological polar surface area (TPSA) is 66.5 Å². The van der Waals surface area contributed by atoms with E-state index in [1.165, 1.54) is 0 Å². The quantitative estimate of drug-likeness (QED) is 0.408. The van der Waals surface area contributed by atoms with Gasteiger partial charge in [0.1, 0.15) is 0 Å². The minimum absolute atomic E-state index is 0.370. The molecule has 0 aromatic rings. The van der Waals surface area contributed by atoms with Crippen LogP contribution in [0.15, 0.2) is 0 Å². The van der Waals surface area contributed by atoms with Crippen molar-refractivity contribution in [1.82, 2.24) is 0 Å². The van der Waals surface area contributed by atoms with Crippen LogP contribution >= 0.6 is 0 Å². The third-order valence-electron chi connectivity index (χ3n) is 1.51. The minimum atomic E-state index is -1.32. The molecule has 0 aliphatic heterocycles. The number of aliphatic hydroxyl groups is 2. The second kappa shape index (κ2) is 2.01. The van der Waals surface area contributed by atoms with Crippen LogP contribution in [0.2, 0.25) is 0 Å². The van der Waals surface area contributed by atoms with Crippen LogP contribution in [-0.4, -0.2) is 22.5 Å². The smallest absolute Gasteiger partial charge is 0.167 e. The Hall–Kier alpha value is -0.120. The first-order chi connectivity index (χ1) is 3.72. The van der Waals surface area contributed by atoms with E-state index in [0.717, 1.165) is 12.8 Å². The van der Waals surface area contributed by atoms with E-state index >= 15 is 0 Å². The highest BCUT2D eigenvalue weighted by Gasteiger charge is 2.32. The third-order valence-corrected chi connectivity index (χ3v) is 1.51. The molecular weight excluding hydrogens is 106 g/mol. The molecule has 1 saturated carbocycles. The first-order valence-corrected chi connectivity index (χ1v) is 2.83. The molecule has 1 rings (SSSR count). The van der Waals surface area contributed by atoms with Gasteiger partial charge in [0.25, 0.3) is 0 Å². The van der Waals surface area contributed by atoms with Gasteiger partial charge >= 0.3 is 0 Å². The van der Waals surface area contributed by atoms with Crippen LogP contribution in [0.3, 0.4) is 0 Å². The number of aliphatic hydroxyl groups excluding tert-OH is 1. The number of hydrogen-bond acceptors (Lipinski definition) is 3. The van der Waals surface area contributed by atoms with E-state index in [-0.39, 0.29) is 0 Å². The van der Waals surface area contributed by atoms with Gasteiger partial charge in [0.2, 0.25) is 0 Å². The van der Waals surface area contributed by atoms with Gasteiger partial charge < -0.3 is 15.9 Å². The third kappa shape index (κ3) is 1.18. The van der Waals surface area contributed by atoms with Crippen LogP contribution in [0.5, 0.6) is 0 Å². The zero-order valence-corrected chi connectivity index (χ0v) is 4.62. The summed E-state index contributed by atoms with van der Waals surface area (Å²) in [6.45, 7) is 0. The maximum atomic E-state index is 8.46. The van der Waals surface area contributed by atoms with Crippen molar-refractivity contribution in [3.8, 4) is 0 Å². The Kier molecular flexibility index (Phi) is 1.51. The maximum Gasteiger partial charge on any atom is 0.167 e. The van der Waals surface area contributed by atoms with Gasteiger partial charge in [-0.25, -0.2) is 0 Å². The van der Waals surface area contributed by atoms with Gasteiger partial charge in [0, 0.05) is 0 Å². The van der Waals surface area contributed by atoms with Crippen LogP contribution in [0.1, 0.15) is 12.8 Å². The fourth-order valence-corrected chi connectivity index (χ4v) is 0.725. The molecule has 3 heteroatoms. The lowest BCUT2D eigenvalue weighted by Gasteiger charge is -2.10. The van der Waals surface area contributed by atoms with Gasteiger partial charge in [-0.05, 0) is 18.8 Å². The van der Waals surface area contributed by atoms with Crippen LogP contribution in [0.25, 0.3) is 0 Å². The predicted molar refractivity (Wildman–Crippen MR) is 28.9 cm³/mol. The van der Waals surface area contributed by atoms with Crippen molar-refractivity contribution in [3.05, 3.63) is 0 Å². The Bertz CT molecular complexity index is 78.5. The van der Waals surface area contributed by atoms with E-state index in [4.69, 9.17) is 15.9 Å². The molecule has 1 fully saturated rings. The molecule has 0 unspecified atom stereocenters. The molecule has 1 atom stereocenters. The Morgan fingerprint density at radius 1 is 1.38 bits per heavy atom. The molecule has 0 saturated heterocycles. The standard InChI is InChI=1S/C5H11NO2/c6-4(5(7)8)3-1-2-3/h3-5,7-8H,1-2,6H2/t4-/m1/s1. The summed E-state index contributed by atoms with van der Waals surface area (Å²) in [4.78, 5) is 0. The summed E-state index contributed by atoms with van der Waals surface area (Å²) in [6, 6.07) is -0.407. The van der Waals surface area contributed by atoms with Crippen molar-refractivity contribution in [3.63, 3.8) is 0 Å². The summed E-state index contributed by atoms with van der Waals surface area (Å²) in [5, 5.41) is 16.9. The molecule has 0 amide bonds. The van der Waals surface area contributed by atoms with Gasteiger partial charge in [-0.15, -0.1) is 0 Å². The van der Waals surface area contributed by atoms with E-state index in [1.54, 1.807) is 0 Å². The fourth-order valence-electron chi connectivity index (χ4n) is 0.725. The second-order valence-electron chi connectivity index (χ2n) is 2.33. The molecule has 0 aromatic carbocycles. The molecular formula is C5H11NO2. The monoisotopic (exact) mass is 117 g/mol. The lowest BCUT2D eigenvalue weighted by Crippen LogP contribution is -2.36. The Morgan fingerprint density at radius 3 is 2.00 bits per heavy atom. The van der Waals surface area contributed by atoms with Crippen LogP contribution in [-0.2, 0) is 0 Å². The Labute approximate surface area is 48.1 Å². The van der Waals surface area contributed by atoms with E-state index < -0.39 is 12.3 Å². The van der Waals surface area contributed by atoms with Crippen LogP contribution < -0.4 is 5.73 Å². The molecule has 3 nitrogen and oxygen atoms in total. The molecule has 0 radical (unpaired) electrons. The lowest BCUT2D eigenvalue weighted by atomic mass is 10.2. The van der Waals surface area contributed by atoms with Gasteiger partial charge in [0.05, 0.1) is 6.04 Å². The molecule has 0 bridgehead atoms. The molecule has 0 spiro atoms. The second-order valence-corrected chi connectivity index (χ2v) is 2.33. The normalized spacial score (nSPS) is 24.0. The van der Waals surface area contributed by atoms with Crippen molar-refractivity contribution < 1.29 is 10.2 Å². The first kappa shape index (κ1) is 6.01. The molecule has 1 aliphatic rings. The summed E-state index contributed by atoms with van der Waals surface area (Å²) in [6.07, 6.45) is 0.792. The van der Waals surface area contributed by atoms with Crippen molar-refractivity contribution in [1.29, 1.82) is 0 Å². The lowest BCUT2D eigenvalue weighted by molar-refractivity contribution is -0.0626. The number of nitrogens with two attached hydrogens (primary N) is 1. The average Bonchev–Trinajstić information content (AvgIpc) is 2.43. The highest BCUT2D eigenvalue weighted by molar-refractivity contribution is 4.84. The minimum Gasteiger partial charge on any atom is -0.367 e. The highest BCUT2D eigenvalue weighted by atomic mass is 16.5. The van der Waals surface area contributed by atoms with Crippen LogP contribution in [0, 0.1) is 5.92 Å². The van der Waals surface area contributed by atoms with Gasteiger partial charge in [-0.3, -0.25) is 0 Å². The summed E-state index contributed by atoms with van der Waals surface area (Å²) in [5.74, 6) is 0.370. The SMILES string of the molecule is N[C@@H](C(O)O)C1CC1. The summed E-state index contributed by atoms with van der Waals surface area (Å²) in [7, 11) is 0. The fraction of sp³-hybridized carbons (Fsp3) is 1.00. The first-order valence-electron chi connectivity index (χ1n) is 2.83. The molecule has 0 aromatic heterocycles. The molecule has 0 heterocycles. The summed E-state index contributed by atoms with van der Waals surface area (Å²) in [5.41, 5.74) is 5.32. The largest absolute Gasteiger partial charge is 0.367 e. The number of hydrogen-bond donors (Lipinski definition) is 3. The molecule has 1 aliphatic carbocycles. The molecule has 8 heavy (non-hydrogen) atoms. The van der Waals surface area contributed by atoms with Gasteiger partial charge in [-0.2, -0.15) is 0 Å². The average molecular weight is 117 g/mol. The van der Waals surface area contributed by atoms with Crippen molar-refractivity contribution in [2.75, 3.05) is 0 Å². The van der Waals surface area contributed by atoms with Crippen molar-refractivity contribution in [2.24, 2.45) is 11.7 Å². The Morgan fingerprint density at radius 2 is 1.88 bits per heavy atom. The Balaban J connectivity index is 2.22. The maximum absolute atomic E-state index is 8.46. The van der Waals surface area contributed by atoms with Gasteiger partial charge in [0.15, 0.2) is 6.29 Å². The van der Waals surface area contributed by atoms with E-state index in [2.05, 4.69) is 0 Å². The molecule has 4 N–H and O–H groups in total. The predicted octanol–water partition coefficient (Wildman–Crippen LogP) is -0.966. The van der Waals surface area contributed by atoms with Crippen LogP contribution in [0.4, 0.5) is 0 Å². The zero-order chi connectivity index (χ0) is 6.15. The highest BCUT2D eigenvalue weighted by Crippen LogP contribution is 2.32. The summed E-state index contributed by atoms with van der Waals surface area (Å²) < 4.78 is 0. The zero-order valence-electron chi connectivity index (χ0n) is 4.62. The van der Waals surface area contributed by atoms with Crippen molar-refractivity contribution in [2.45, 2.75) is 25.2 Å². The summed E-state index contributed by atoms with van der Waals surface area (Å²) >= 11 is 0. The number of rotatable bonds is 2. The van der Waals surface area contributed by atoms with Crippen molar-refractivity contribution >= 4 is 0 Å². The van der Waals surface area contributed by atoms with E-state index in [1.807, 2.05) is 0 Å².